The van der Waals surface area contributed by atoms with E-state index < -0.39 is 0 Å². The van der Waals surface area contributed by atoms with Gasteiger partial charge in [-0.25, -0.2) is 0 Å². The first-order valence-electron chi connectivity index (χ1n) is 6.18. The van der Waals surface area contributed by atoms with Crippen molar-refractivity contribution < 1.29 is 9.53 Å². The molecule has 2 heterocycles. The Morgan fingerprint density at radius 2 is 2.35 bits per heavy atom. The van der Waals surface area contributed by atoms with E-state index in [-0.39, 0.29) is 18.1 Å². The largest absolute Gasteiger partial charge is 0.376 e. The van der Waals surface area contributed by atoms with Crippen LogP contribution in [0.2, 0.25) is 0 Å². The molecule has 0 aromatic carbocycles. The van der Waals surface area contributed by atoms with Crippen molar-refractivity contribution in [3.63, 3.8) is 0 Å². The van der Waals surface area contributed by atoms with Crippen molar-refractivity contribution in [2.45, 2.75) is 38.3 Å². The minimum Gasteiger partial charge on any atom is -0.376 e. The van der Waals surface area contributed by atoms with Crippen LogP contribution in [0.5, 0.6) is 0 Å². The predicted octanol–water partition coefficient (Wildman–Crippen LogP) is 1.02. The second-order valence-corrected chi connectivity index (χ2v) is 4.95. The molecule has 5 nitrogen and oxygen atoms in total. The molecule has 1 aliphatic carbocycles. The standard InChI is InChI=1S/C12H17N3O2/c1-7-9(6-13-15-7)12(16)14-10-4-5-17-11(10)8-2-3-8/h6,8,10-11H,2-5H2,1H3,(H,13,15)(H,14,16). The van der Waals surface area contributed by atoms with Crippen LogP contribution >= 0.6 is 0 Å². The number of nitrogens with one attached hydrogen (secondary N) is 2. The summed E-state index contributed by atoms with van der Waals surface area (Å²) < 4.78 is 5.70. The van der Waals surface area contributed by atoms with Crippen LogP contribution in [-0.2, 0) is 4.74 Å². The van der Waals surface area contributed by atoms with Crippen LogP contribution in [0.15, 0.2) is 6.20 Å². The zero-order chi connectivity index (χ0) is 11.8. The summed E-state index contributed by atoms with van der Waals surface area (Å²) in [7, 11) is 0. The Hall–Kier alpha value is -1.36. The Kier molecular flexibility index (Phi) is 2.63. The number of ether oxygens (including phenoxy) is 1. The lowest BCUT2D eigenvalue weighted by molar-refractivity contribution is 0.0729. The van der Waals surface area contributed by atoms with Crippen molar-refractivity contribution in [3.8, 4) is 0 Å². The van der Waals surface area contributed by atoms with Crippen LogP contribution in [0, 0.1) is 12.8 Å². The summed E-state index contributed by atoms with van der Waals surface area (Å²) in [6.07, 6.45) is 5.20. The fourth-order valence-electron chi connectivity index (χ4n) is 2.48. The van der Waals surface area contributed by atoms with E-state index >= 15 is 0 Å². The highest BCUT2D eigenvalue weighted by Crippen LogP contribution is 2.38. The molecule has 1 saturated heterocycles. The second-order valence-electron chi connectivity index (χ2n) is 4.95. The van der Waals surface area contributed by atoms with Crippen molar-refractivity contribution in [1.29, 1.82) is 0 Å². The average Bonchev–Trinajstić information content (AvgIpc) is 2.89. The van der Waals surface area contributed by atoms with Gasteiger partial charge in [-0.05, 0) is 32.1 Å². The molecule has 17 heavy (non-hydrogen) atoms. The first-order chi connectivity index (χ1) is 8.25. The molecule has 1 amide bonds. The highest BCUT2D eigenvalue weighted by Gasteiger charge is 2.41. The highest BCUT2D eigenvalue weighted by molar-refractivity contribution is 5.95. The number of amides is 1. The second kappa shape index (κ2) is 4.14. The van der Waals surface area contributed by atoms with Crippen molar-refractivity contribution in [2.24, 2.45) is 5.92 Å². The van der Waals surface area contributed by atoms with Crippen molar-refractivity contribution >= 4 is 5.91 Å². The maximum atomic E-state index is 12.0. The molecule has 1 aromatic heterocycles. The Bertz CT molecular complexity index is 425. The first kappa shape index (κ1) is 10.8. The molecule has 0 bridgehead atoms. The van der Waals surface area contributed by atoms with E-state index in [1.807, 2.05) is 6.92 Å². The predicted molar refractivity (Wildman–Crippen MR) is 61.7 cm³/mol. The Balaban J connectivity index is 1.66. The topological polar surface area (TPSA) is 67.0 Å². The smallest absolute Gasteiger partial charge is 0.255 e. The molecule has 2 fully saturated rings. The van der Waals surface area contributed by atoms with Gasteiger partial charge in [-0.2, -0.15) is 5.10 Å². The number of nitrogens with zero attached hydrogens (tertiary/aromatic N) is 1. The van der Waals surface area contributed by atoms with E-state index in [9.17, 15) is 4.79 Å². The number of carbonyl (C=O) groups is 1. The van der Waals surface area contributed by atoms with Gasteiger partial charge < -0.3 is 10.1 Å². The number of hydrogen-bond donors (Lipinski definition) is 2. The van der Waals surface area contributed by atoms with E-state index in [0.29, 0.717) is 11.5 Å². The molecular weight excluding hydrogens is 218 g/mol. The number of carbonyl (C=O) groups excluding carboxylic acids is 1. The average molecular weight is 235 g/mol. The fourth-order valence-corrected chi connectivity index (χ4v) is 2.48. The Morgan fingerprint density at radius 3 is 3.00 bits per heavy atom. The SMILES string of the molecule is Cc1[nH]ncc1C(=O)NC1CCOC1C1CC1. The highest BCUT2D eigenvalue weighted by atomic mass is 16.5. The quantitative estimate of drug-likeness (QED) is 0.821. The lowest BCUT2D eigenvalue weighted by atomic mass is 10.1. The molecule has 1 aromatic rings. The molecule has 3 rings (SSSR count). The van der Waals surface area contributed by atoms with Crippen LogP contribution in [-0.4, -0.2) is 34.9 Å². The lowest BCUT2D eigenvalue weighted by Crippen LogP contribution is -2.41. The van der Waals surface area contributed by atoms with Gasteiger partial charge in [0.1, 0.15) is 0 Å². The molecule has 92 valence electrons. The number of aromatic amines is 1. The van der Waals surface area contributed by atoms with Crippen LogP contribution in [0.4, 0.5) is 0 Å². The zero-order valence-corrected chi connectivity index (χ0v) is 9.90. The van der Waals surface area contributed by atoms with E-state index in [0.717, 1.165) is 18.7 Å². The number of H-pyrrole nitrogens is 1. The molecule has 2 aliphatic rings. The first-order valence-corrected chi connectivity index (χ1v) is 6.18. The van der Waals surface area contributed by atoms with Gasteiger partial charge in [-0.15, -0.1) is 0 Å². The van der Waals surface area contributed by atoms with Crippen LogP contribution < -0.4 is 5.32 Å². The Labute approximate surface area is 99.9 Å². The van der Waals surface area contributed by atoms with E-state index in [1.165, 1.54) is 12.8 Å². The summed E-state index contributed by atoms with van der Waals surface area (Å²) >= 11 is 0. The zero-order valence-electron chi connectivity index (χ0n) is 9.90. The molecule has 0 radical (unpaired) electrons. The molecule has 2 N–H and O–H groups in total. The van der Waals surface area contributed by atoms with E-state index in [2.05, 4.69) is 15.5 Å². The van der Waals surface area contributed by atoms with Crippen molar-refractivity contribution in [1.82, 2.24) is 15.5 Å². The summed E-state index contributed by atoms with van der Waals surface area (Å²) in [4.78, 5) is 12.0. The molecule has 1 aliphatic heterocycles. The van der Waals surface area contributed by atoms with Crippen molar-refractivity contribution in [3.05, 3.63) is 17.5 Å². The maximum absolute atomic E-state index is 12.0. The third-order valence-electron chi connectivity index (χ3n) is 3.61. The molecular formula is C12H17N3O2. The van der Waals surface area contributed by atoms with Crippen molar-refractivity contribution in [2.75, 3.05) is 6.61 Å². The van der Waals surface area contributed by atoms with Crippen LogP contribution in [0.3, 0.4) is 0 Å². The van der Waals surface area contributed by atoms with E-state index in [4.69, 9.17) is 4.74 Å². The molecule has 5 heteroatoms. The number of aromatic nitrogens is 2. The minimum absolute atomic E-state index is 0.0441. The van der Waals surface area contributed by atoms with Crippen LogP contribution in [0.25, 0.3) is 0 Å². The third kappa shape index (κ3) is 2.07. The maximum Gasteiger partial charge on any atom is 0.255 e. The monoisotopic (exact) mass is 235 g/mol. The van der Waals surface area contributed by atoms with Gasteiger partial charge in [0.2, 0.25) is 0 Å². The van der Waals surface area contributed by atoms with E-state index in [1.54, 1.807) is 6.20 Å². The number of rotatable bonds is 3. The summed E-state index contributed by atoms with van der Waals surface area (Å²) in [6, 6.07) is 0.171. The minimum atomic E-state index is -0.0441. The normalized spacial score (nSPS) is 28.3. The summed E-state index contributed by atoms with van der Waals surface area (Å²) in [6.45, 7) is 2.61. The van der Waals surface area contributed by atoms with Gasteiger partial charge in [0.15, 0.2) is 0 Å². The van der Waals surface area contributed by atoms with Gasteiger partial charge in [0, 0.05) is 12.3 Å². The van der Waals surface area contributed by atoms with Gasteiger partial charge in [-0.1, -0.05) is 0 Å². The third-order valence-corrected chi connectivity index (χ3v) is 3.61. The van der Waals surface area contributed by atoms with Gasteiger partial charge in [-0.3, -0.25) is 9.89 Å². The lowest BCUT2D eigenvalue weighted by Gasteiger charge is -2.19. The molecule has 1 saturated carbocycles. The summed E-state index contributed by atoms with van der Waals surface area (Å²) in [5.41, 5.74) is 1.44. The molecule has 2 unspecified atom stereocenters. The number of hydrogen-bond acceptors (Lipinski definition) is 3. The summed E-state index contributed by atoms with van der Waals surface area (Å²) in [5.74, 6) is 0.616. The van der Waals surface area contributed by atoms with Crippen LogP contribution in [0.1, 0.15) is 35.3 Å². The van der Waals surface area contributed by atoms with Gasteiger partial charge >= 0.3 is 0 Å². The molecule has 0 spiro atoms. The molecule has 2 atom stereocenters. The fraction of sp³-hybridized carbons (Fsp3) is 0.667. The number of aryl methyl sites for hydroxylation is 1. The van der Waals surface area contributed by atoms with Gasteiger partial charge in [0.05, 0.1) is 23.9 Å². The van der Waals surface area contributed by atoms with Gasteiger partial charge in [0.25, 0.3) is 5.91 Å². The Morgan fingerprint density at radius 1 is 1.53 bits per heavy atom. The summed E-state index contributed by atoms with van der Waals surface area (Å²) in [5, 5.41) is 9.72.